The van der Waals surface area contributed by atoms with Gasteiger partial charge >= 0.3 is 0 Å². The fraction of sp³-hybridized carbons (Fsp3) is 0.455. The molecule has 0 aliphatic carbocycles. The van der Waals surface area contributed by atoms with Crippen LogP contribution in [-0.4, -0.2) is 20.3 Å². The third-order valence-corrected chi connectivity index (χ3v) is 6.18. The van der Waals surface area contributed by atoms with Crippen molar-refractivity contribution in [2.45, 2.75) is 58.7 Å². The minimum Gasteiger partial charge on any atom is -0.497 e. The van der Waals surface area contributed by atoms with Crippen molar-refractivity contribution in [3.05, 3.63) is 51.2 Å². The van der Waals surface area contributed by atoms with Gasteiger partial charge in [0.25, 0.3) is 0 Å². The Bertz CT molecular complexity index is 779. The van der Waals surface area contributed by atoms with E-state index in [1.807, 2.05) is 24.3 Å². The zero-order valence-electron chi connectivity index (χ0n) is 17.0. The Morgan fingerprint density at radius 1 is 1.15 bits per heavy atom. The highest BCUT2D eigenvalue weighted by molar-refractivity contribution is 7.12. The summed E-state index contributed by atoms with van der Waals surface area (Å²) >= 11 is 1.65. The van der Waals surface area contributed by atoms with Crippen LogP contribution in [0.2, 0.25) is 19.6 Å². The lowest BCUT2D eigenvalue weighted by Crippen LogP contribution is -2.16. The predicted molar refractivity (Wildman–Crippen MR) is 116 cm³/mol. The number of rotatable bonds is 8. The first-order valence-electron chi connectivity index (χ1n) is 9.26. The van der Waals surface area contributed by atoms with E-state index in [1.54, 1.807) is 18.4 Å². The van der Waals surface area contributed by atoms with Crippen LogP contribution in [0.25, 0.3) is 0 Å². The number of aryl methyl sites for hydroxylation is 1. The van der Waals surface area contributed by atoms with Crippen LogP contribution in [0.15, 0.2) is 30.3 Å². The molecule has 2 aromatic rings. The van der Waals surface area contributed by atoms with Crippen LogP contribution < -0.4 is 4.74 Å². The van der Waals surface area contributed by atoms with Gasteiger partial charge in [0.2, 0.25) is 0 Å². The molecular weight excluding hydrogens is 372 g/mol. The molecule has 0 radical (unpaired) electrons. The quantitative estimate of drug-likeness (QED) is 0.469. The average molecular weight is 403 g/mol. The SMILES string of the molecule is COc1ccc(COCc2cc(C(O)CCC#C[Si](C)(C)C)sc2C)cc1. The molecule has 0 aliphatic rings. The van der Waals surface area contributed by atoms with E-state index in [4.69, 9.17) is 9.47 Å². The number of ether oxygens (including phenoxy) is 2. The zero-order chi connectivity index (χ0) is 19.9. The maximum absolute atomic E-state index is 10.4. The van der Waals surface area contributed by atoms with Crippen LogP contribution in [0.3, 0.4) is 0 Å². The molecule has 0 saturated heterocycles. The molecule has 1 heterocycles. The topological polar surface area (TPSA) is 38.7 Å². The largest absolute Gasteiger partial charge is 0.497 e. The standard InChI is InChI=1S/C22H30O3SSi/c1-17-19(16-25-15-18-9-11-20(24-2)12-10-18)14-22(26-17)21(23)8-6-7-13-27(3,4)5/h9-12,14,21,23H,6,8,15-16H2,1-5H3. The highest BCUT2D eigenvalue weighted by Gasteiger charge is 2.13. The minimum absolute atomic E-state index is 0.444. The molecule has 1 aromatic carbocycles. The average Bonchev–Trinajstić information content (AvgIpc) is 2.99. The summed E-state index contributed by atoms with van der Waals surface area (Å²) in [5.41, 5.74) is 5.61. The smallest absolute Gasteiger partial charge is 0.129 e. The van der Waals surface area contributed by atoms with Gasteiger partial charge in [0.15, 0.2) is 0 Å². The van der Waals surface area contributed by atoms with Crippen LogP contribution in [0, 0.1) is 18.4 Å². The molecule has 146 valence electrons. The molecule has 5 heteroatoms. The third kappa shape index (κ3) is 7.51. The van der Waals surface area contributed by atoms with Gasteiger partial charge in [-0.25, -0.2) is 0 Å². The Balaban J connectivity index is 1.84. The lowest BCUT2D eigenvalue weighted by Gasteiger charge is -2.07. The highest BCUT2D eigenvalue weighted by atomic mass is 32.1. The third-order valence-electron chi connectivity index (χ3n) is 4.06. The van der Waals surface area contributed by atoms with Gasteiger partial charge in [0.1, 0.15) is 13.8 Å². The van der Waals surface area contributed by atoms with E-state index in [-0.39, 0.29) is 0 Å². The zero-order valence-corrected chi connectivity index (χ0v) is 18.8. The fourth-order valence-corrected chi connectivity index (χ4v) is 4.24. The van der Waals surface area contributed by atoms with Crippen molar-refractivity contribution in [1.29, 1.82) is 0 Å². The molecule has 0 saturated carbocycles. The summed E-state index contributed by atoms with van der Waals surface area (Å²) < 4.78 is 11.0. The molecule has 0 fully saturated rings. The summed E-state index contributed by atoms with van der Waals surface area (Å²) in [7, 11) is 0.337. The number of thiophene rings is 1. The molecule has 0 bridgehead atoms. The Kier molecular flexibility index (Phi) is 8.12. The number of hydrogen-bond donors (Lipinski definition) is 1. The van der Waals surface area contributed by atoms with E-state index < -0.39 is 14.2 Å². The lowest BCUT2D eigenvalue weighted by atomic mass is 10.1. The molecule has 1 aromatic heterocycles. The molecule has 0 aliphatic heterocycles. The van der Waals surface area contributed by atoms with Crippen molar-refractivity contribution in [2.24, 2.45) is 0 Å². The van der Waals surface area contributed by atoms with Crippen molar-refractivity contribution >= 4 is 19.4 Å². The molecule has 2 rings (SSSR count). The molecule has 1 N–H and O–H groups in total. The number of aliphatic hydroxyl groups excluding tert-OH is 1. The maximum atomic E-state index is 10.4. The van der Waals surface area contributed by atoms with Gasteiger partial charge in [0, 0.05) is 16.2 Å². The maximum Gasteiger partial charge on any atom is 0.129 e. The van der Waals surface area contributed by atoms with Crippen molar-refractivity contribution in [3.8, 4) is 17.2 Å². The lowest BCUT2D eigenvalue weighted by molar-refractivity contribution is 0.107. The first kappa shape index (κ1) is 21.7. The molecular formula is C22H30O3SSi. The van der Waals surface area contributed by atoms with Crippen LogP contribution in [0.4, 0.5) is 0 Å². The second-order valence-corrected chi connectivity index (χ2v) is 13.7. The molecule has 27 heavy (non-hydrogen) atoms. The van der Waals surface area contributed by atoms with Gasteiger partial charge in [-0.05, 0) is 42.7 Å². The van der Waals surface area contributed by atoms with Crippen molar-refractivity contribution in [3.63, 3.8) is 0 Å². The van der Waals surface area contributed by atoms with E-state index in [0.717, 1.165) is 28.2 Å². The number of benzene rings is 1. The summed E-state index contributed by atoms with van der Waals surface area (Å²) in [6.07, 6.45) is 0.981. The van der Waals surface area contributed by atoms with Gasteiger partial charge in [-0.15, -0.1) is 22.8 Å². The summed E-state index contributed by atoms with van der Waals surface area (Å²) in [5, 5.41) is 10.4. The summed E-state index contributed by atoms with van der Waals surface area (Å²) in [6.45, 7) is 9.89. The normalized spacial score (nSPS) is 12.4. The Labute approximate surface area is 168 Å². The first-order valence-corrected chi connectivity index (χ1v) is 13.6. The second-order valence-electron chi connectivity index (χ2n) is 7.68. The van der Waals surface area contributed by atoms with Gasteiger partial charge in [-0.1, -0.05) is 31.8 Å². The van der Waals surface area contributed by atoms with Gasteiger partial charge in [-0.3, -0.25) is 0 Å². The Hall–Kier alpha value is -1.58. The summed E-state index contributed by atoms with van der Waals surface area (Å²) in [4.78, 5) is 2.21. The predicted octanol–water partition coefficient (Wildman–Crippen LogP) is 5.48. The van der Waals surface area contributed by atoms with E-state index in [0.29, 0.717) is 19.6 Å². The van der Waals surface area contributed by atoms with Crippen molar-refractivity contribution in [1.82, 2.24) is 0 Å². The summed E-state index contributed by atoms with van der Waals surface area (Å²) in [6, 6.07) is 9.97. The number of aliphatic hydroxyl groups is 1. The monoisotopic (exact) mass is 402 g/mol. The van der Waals surface area contributed by atoms with Gasteiger partial charge in [-0.2, -0.15) is 0 Å². The Morgan fingerprint density at radius 3 is 2.48 bits per heavy atom. The van der Waals surface area contributed by atoms with Crippen LogP contribution >= 0.6 is 11.3 Å². The van der Waals surface area contributed by atoms with Crippen LogP contribution in [0.5, 0.6) is 5.75 Å². The fourth-order valence-electron chi connectivity index (χ4n) is 2.53. The second kappa shape index (κ2) is 10.1. The highest BCUT2D eigenvalue weighted by Crippen LogP contribution is 2.30. The minimum atomic E-state index is -1.33. The van der Waals surface area contributed by atoms with E-state index in [2.05, 4.69) is 44.1 Å². The molecule has 1 unspecified atom stereocenters. The van der Waals surface area contributed by atoms with Gasteiger partial charge in [0.05, 0.1) is 26.4 Å². The molecule has 3 nitrogen and oxygen atoms in total. The van der Waals surface area contributed by atoms with E-state index >= 15 is 0 Å². The van der Waals surface area contributed by atoms with Crippen LogP contribution in [-0.2, 0) is 18.0 Å². The Morgan fingerprint density at radius 2 is 1.85 bits per heavy atom. The molecule has 0 amide bonds. The van der Waals surface area contributed by atoms with Gasteiger partial charge < -0.3 is 14.6 Å². The van der Waals surface area contributed by atoms with Crippen molar-refractivity contribution in [2.75, 3.05) is 7.11 Å². The number of hydrogen-bond acceptors (Lipinski definition) is 4. The van der Waals surface area contributed by atoms with Crippen LogP contribution in [0.1, 0.15) is 39.8 Å². The summed E-state index contributed by atoms with van der Waals surface area (Å²) in [5.74, 6) is 4.08. The van der Waals surface area contributed by atoms with E-state index in [9.17, 15) is 5.11 Å². The first-order chi connectivity index (χ1) is 12.8. The molecule has 0 spiro atoms. The van der Waals surface area contributed by atoms with E-state index in [1.165, 1.54) is 4.88 Å². The molecule has 1 atom stereocenters. The van der Waals surface area contributed by atoms with Crippen molar-refractivity contribution < 1.29 is 14.6 Å². The number of methoxy groups -OCH3 is 1.